The molecule has 0 fully saturated rings. The summed E-state index contributed by atoms with van der Waals surface area (Å²) in [5.74, 6) is 6.59. The maximum atomic E-state index is 5.74. The zero-order valence-electron chi connectivity index (χ0n) is 11.1. The lowest BCUT2D eigenvalue weighted by Gasteiger charge is -2.19. The molecule has 100 valence electrons. The normalized spacial score (nSPS) is 12.2. The van der Waals surface area contributed by atoms with Crippen LogP contribution >= 0.6 is 11.8 Å². The van der Waals surface area contributed by atoms with Crippen LogP contribution in [0.1, 0.15) is 17.2 Å². The van der Waals surface area contributed by atoms with Gasteiger partial charge in [0.05, 0.1) is 13.2 Å². The SMILES string of the molecule is COc1ccc(C(NN)c2ccccc2SC)cc1. The zero-order valence-corrected chi connectivity index (χ0v) is 11.9. The average Bonchev–Trinajstić information content (AvgIpc) is 2.49. The Morgan fingerprint density at radius 3 is 2.37 bits per heavy atom. The Kier molecular flexibility index (Phi) is 4.85. The Hall–Kier alpha value is -1.49. The molecule has 0 saturated carbocycles. The topological polar surface area (TPSA) is 47.3 Å². The van der Waals surface area contributed by atoms with Crippen molar-refractivity contribution in [1.82, 2.24) is 5.43 Å². The van der Waals surface area contributed by atoms with Crippen LogP contribution in [0.2, 0.25) is 0 Å². The molecule has 4 heteroatoms. The maximum Gasteiger partial charge on any atom is 0.118 e. The second kappa shape index (κ2) is 6.61. The highest BCUT2D eigenvalue weighted by molar-refractivity contribution is 7.98. The lowest BCUT2D eigenvalue weighted by molar-refractivity contribution is 0.414. The Labute approximate surface area is 118 Å². The van der Waals surface area contributed by atoms with Crippen molar-refractivity contribution < 1.29 is 4.74 Å². The van der Waals surface area contributed by atoms with Crippen LogP contribution in [0.25, 0.3) is 0 Å². The number of benzene rings is 2. The monoisotopic (exact) mass is 274 g/mol. The van der Waals surface area contributed by atoms with E-state index in [1.807, 2.05) is 36.4 Å². The summed E-state index contributed by atoms with van der Waals surface area (Å²) in [5.41, 5.74) is 5.19. The number of methoxy groups -OCH3 is 1. The van der Waals surface area contributed by atoms with Gasteiger partial charge in [0.25, 0.3) is 0 Å². The van der Waals surface area contributed by atoms with Crippen molar-refractivity contribution in [2.24, 2.45) is 5.84 Å². The van der Waals surface area contributed by atoms with Crippen LogP contribution in [0.15, 0.2) is 53.4 Å². The molecule has 2 aromatic carbocycles. The van der Waals surface area contributed by atoms with Crippen molar-refractivity contribution in [3.63, 3.8) is 0 Å². The summed E-state index contributed by atoms with van der Waals surface area (Å²) in [5, 5.41) is 0. The van der Waals surface area contributed by atoms with E-state index in [4.69, 9.17) is 10.6 Å². The predicted molar refractivity (Wildman–Crippen MR) is 80.4 cm³/mol. The average molecular weight is 274 g/mol. The zero-order chi connectivity index (χ0) is 13.7. The van der Waals surface area contributed by atoms with E-state index in [1.54, 1.807) is 18.9 Å². The highest BCUT2D eigenvalue weighted by atomic mass is 32.2. The number of hydrogen-bond acceptors (Lipinski definition) is 4. The first kappa shape index (κ1) is 13.9. The second-order valence-corrected chi connectivity index (χ2v) is 4.96. The molecule has 3 nitrogen and oxygen atoms in total. The first-order valence-electron chi connectivity index (χ1n) is 6.03. The van der Waals surface area contributed by atoms with Crippen molar-refractivity contribution in [1.29, 1.82) is 0 Å². The molecule has 0 radical (unpaired) electrons. The molecule has 3 N–H and O–H groups in total. The fraction of sp³-hybridized carbons (Fsp3) is 0.200. The molecule has 0 aliphatic carbocycles. The van der Waals surface area contributed by atoms with Gasteiger partial charge in [-0.1, -0.05) is 30.3 Å². The summed E-state index contributed by atoms with van der Waals surface area (Å²) in [6, 6.07) is 16.2. The van der Waals surface area contributed by atoms with E-state index in [-0.39, 0.29) is 6.04 Å². The van der Waals surface area contributed by atoms with Gasteiger partial charge in [-0.2, -0.15) is 0 Å². The molecular formula is C15H18N2OS. The third-order valence-corrected chi connectivity index (χ3v) is 3.88. The highest BCUT2D eigenvalue weighted by Crippen LogP contribution is 2.30. The summed E-state index contributed by atoms with van der Waals surface area (Å²) >= 11 is 1.72. The molecule has 1 atom stereocenters. The quantitative estimate of drug-likeness (QED) is 0.500. The van der Waals surface area contributed by atoms with Crippen molar-refractivity contribution in [3.8, 4) is 5.75 Å². The molecule has 1 unspecified atom stereocenters. The van der Waals surface area contributed by atoms with Crippen LogP contribution in [-0.2, 0) is 0 Å². The molecule has 0 heterocycles. The van der Waals surface area contributed by atoms with Crippen molar-refractivity contribution in [2.75, 3.05) is 13.4 Å². The van der Waals surface area contributed by atoms with Crippen LogP contribution in [0.4, 0.5) is 0 Å². The largest absolute Gasteiger partial charge is 0.497 e. The number of thioether (sulfide) groups is 1. The molecule has 0 bridgehead atoms. The van der Waals surface area contributed by atoms with Gasteiger partial charge in [-0.15, -0.1) is 11.8 Å². The van der Waals surface area contributed by atoms with E-state index in [9.17, 15) is 0 Å². The lowest BCUT2D eigenvalue weighted by Crippen LogP contribution is -2.29. The van der Waals surface area contributed by atoms with Crippen LogP contribution in [0.5, 0.6) is 5.75 Å². The van der Waals surface area contributed by atoms with Gasteiger partial charge in [0.15, 0.2) is 0 Å². The second-order valence-electron chi connectivity index (χ2n) is 4.11. The minimum absolute atomic E-state index is 0.0189. The summed E-state index contributed by atoms with van der Waals surface area (Å²) in [6.07, 6.45) is 2.07. The van der Waals surface area contributed by atoms with Crippen LogP contribution in [-0.4, -0.2) is 13.4 Å². The molecule has 2 aromatic rings. The smallest absolute Gasteiger partial charge is 0.118 e. The standard InChI is InChI=1S/C15H18N2OS/c1-18-12-9-7-11(8-10-12)15(17-16)13-5-3-4-6-14(13)19-2/h3-10,15,17H,16H2,1-2H3. The molecule has 19 heavy (non-hydrogen) atoms. The van der Waals surface area contributed by atoms with Gasteiger partial charge in [-0.05, 0) is 35.6 Å². The third kappa shape index (κ3) is 3.10. The minimum atomic E-state index is -0.0189. The fourth-order valence-electron chi connectivity index (χ4n) is 2.07. The highest BCUT2D eigenvalue weighted by Gasteiger charge is 2.15. The number of hydrazine groups is 1. The molecule has 0 aliphatic rings. The van der Waals surface area contributed by atoms with Crippen LogP contribution < -0.4 is 16.0 Å². The van der Waals surface area contributed by atoms with Gasteiger partial charge < -0.3 is 4.74 Å². The van der Waals surface area contributed by atoms with Gasteiger partial charge in [-0.3, -0.25) is 5.84 Å². The number of nitrogens with two attached hydrogens (primary N) is 1. The Morgan fingerprint density at radius 1 is 1.11 bits per heavy atom. The predicted octanol–water partition coefficient (Wildman–Crippen LogP) is 2.97. The van der Waals surface area contributed by atoms with Crippen LogP contribution in [0.3, 0.4) is 0 Å². The Balaban J connectivity index is 2.37. The van der Waals surface area contributed by atoms with E-state index in [1.165, 1.54) is 10.5 Å². The third-order valence-electron chi connectivity index (χ3n) is 3.07. The lowest BCUT2D eigenvalue weighted by atomic mass is 9.99. The summed E-state index contributed by atoms with van der Waals surface area (Å²) < 4.78 is 5.18. The van der Waals surface area contributed by atoms with E-state index in [0.717, 1.165) is 11.3 Å². The molecule has 0 aliphatic heterocycles. The fourth-order valence-corrected chi connectivity index (χ4v) is 2.70. The van der Waals surface area contributed by atoms with Crippen molar-refractivity contribution in [2.45, 2.75) is 10.9 Å². The van der Waals surface area contributed by atoms with Crippen molar-refractivity contribution >= 4 is 11.8 Å². The van der Waals surface area contributed by atoms with E-state index in [2.05, 4.69) is 23.8 Å². The summed E-state index contributed by atoms with van der Waals surface area (Å²) in [6.45, 7) is 0. The Bertz CT molecular complexity index is 528. The van der Waals surface area contributed by atoms with E-state index < -0.39 is 0 Å². The van der Waals surface area contributed by atoms with Gasteiger partial charge in [0, 0.05) is 4.90 Å². The van der Waals surface area contributed by atoms with Crippen molar-refractivity contribution in [3.05, 3.63) is 59.7 Å². The van der Waals surface area contributed by atoms with Crippen LogP contribution in [0, 0.1) is 0 Å². The summed E-state index contributed by atoms with van der Waals surface area (Å²) in [4.78, 5) is 1.22. The molecule has 0 aromatic heterocycles. The summed E-state index contributed by atoms with van der Waals surface area (Å²) in [7, 11) is 1.66. The number of hydrogen-bond donors (Lipinski definition) is 2. The Morgan fingerprint density at radius 2 is 1.79 bits per heavy atom. The molecule has 0 saturated heterocycles. The molecule has 2 rings (SSSR count). The van der Waals surface area contributed by atoms with Gasteiger partial charge >= 0.3 is 0 Å². The maximum absolute atomic E-state index is 5.74. The molecule has 0 spiro atoms. The molecule has 0 amide bonds. The van der Waals surface area contributed by atoms with E-state index in [0.29, 0.717) is 0 Å². The first-order chi connectivity index (χ1) is 9.30. The van der Waals surface area contributed by atoms with Gasteiger partial charge in [0.1, 0.15) is 5.75 Å². The van der Waals surface area contributed by atoms with Gasteiger partial charge in [0.2, 0.25) is 0 Å². The molecular weight excluding hydrogens is 256 g/mol. The van der Waals surface area contributed by atoms with E-state index >= 15 is 0 Å². The van der Waals surface area contributed by atoms with Gasteiger partial charge in [-0.25, -0.2) is 5.43 Å². The number of nitrogens with one attached hydrogen (secondary N) is 1. The number of ether oxygens (including phenoxy) is 1. The first-order valence-corrected chi connectivity index (χ1v) is 7.25. The minimum Gasteiger partial charge on any atom is -0.497 e. The number of rotatable bonds is 5.